The largest absolute Gasteiger partial charge is 0.506 e. The highest BCUT2D eigenvalue weighted by Gasteiger charge is 2.15. The lowest BCUT2D eigenvalue weighted by molar-refractivity contribution is -0.115. The summed E-state index contributed by atoms with van der Waals surface area (Å²) in [4.78, 5) is 82.1. The van der Waals surface area contributed by atoms with Crippen LogP contribution in [0.2, 0.25) is 0 Å². The summed E-state index contributed by atoms with van der Waals surface area (Å²) in [6.45, 7) is 12.0. The molecule has 2 heterocycles. The number of benzene rings is 10. The zero-order valence-corrected chi connectivity index (χ0v) is 47.6. The molecule has 0 saturated carbocycles. The molecule has 6 amide bonds. The van der Waals surface area contributed by atoms with Gasteiger partial charge in [0.05, 0.1) is 56.2 Å². The van der Waals surface area contributed by atoms with Crippen LogP contribution in [0.15, 0.2) is 121 Å². The number of phenolic OH excluding ortho intramolecular Hbond substituents is 6. The third-order valence-corrected chi connectivity index (χ3v) is 13.3. The quantitative estimate of drug-likeness (QED) is 0.0418. The van der Waals surface area contributed by atoms with E-state index in [1.807, 2.05) is 38.1 Å². The monoisotopic (exact) mass is 1160 g/mol. The number of fused-ring (bicyclic) bond motifs is 8. The molecule has 0 unspecified atom stereocenters. The van der Waals surface area contributed by atoms with E-state index < -0.39 is 0 Å². The Labute approximate surface area is 488 Å². The smallest absolute Gasteiger partial charge is 0.221 e. The molecule has 10 aromatic carbocycles. The topological polar surface area (TPSA) is 353 Å². The fourth-order valence-corrected chi connectivity index (χ4v) is 9.74. The van der Waals surface area contributed by atoms with Gasteiger partial charge in [-0.15, -0.1) is 0 Å². The van der Waals surface area contributed by atoms with E-state index in [9.17, 15) is 59.4 Å². The van der Waals surface area contributed by atoms with Crippen molar-refractivity contribution in [3.05, 3.63) is 133 Å². The Bertz CT molecular complexity index is 4420. The standard InChI is InChI=1S/C18H14N4.2C18H16N2O4.C10H12N2O4/c1-9-19-15-5-11-3-13-7-17-18(22-10(2)21-17)8-14(13)4-12(11)6-16(15)20-9;1-9(21)19-15-5-11-3-14-8-18(24)16(20-10(2)22)6-12(14)4-13(11)7-17(15)23;1-9(21)19-15-5-11-3-12-6-16(20-10(2)22)18(24)8-14(12)4-13(11)7-17(15)23;1-5(13)11-7-3-8(12-6(2)14)10(16)4-9(7)15/h3-8H,1-2H3,(H,19,20)(H,21,22);2*3-8,23-24H,1-2H3,(H,19,21)(H,20,22);3-4,15-16H,1-2H3,(H,11,13)(H,12,14). The van der Waals surface area contributed by atoms with Gasteiger partial charge in [-0.05, 0) is 194 Å². The van der Waals surface area contributed by atoms with E-state index in [-0.39, 0.29) is 81.3 Å². The summed E-state index contributed by atoms with van der Waals surface area (Å²) < 4.78 is 0. The normalized spacial score (nSPS) is 10.9. The Hall–Kier alpha value is -11.7. The number of aryl methyl sites for hydroxylation is 2. The third-order valence-electron chi connectivity index (χ3n) is 13.3. The van der Waals surface area contributed by atoms with Gasteiger partial charge in [-0.1, -0.05) is 0 Å². The van der Waals surface area contributed by atoms with Crippen molar-refractivity contribution in [3.63, 3.8) is 0 Å². The molecule has 2 aromatic heterocycles. The molecule has 0 saturated heterocycles. The number of nitrogens with zero attached hydrogens (tertiary/aromatic N) is 2. The number of anilines is 6. The van der Waals surface area contributed by atoms with Crippen LogP contribution in [0, 0.1) is 13.8 Å². The number of hydrogen-bond donors (Lipinski definition) is 14. The summed E-state index contributed by atoms with van der Waals surface area (Å²) in [5.41, 5.74) is 5.75. The first kappa shape index (κ1) is 59.0. The molecular formula is C64H58N10O12. The van der Waals surface area contributed by atoms with Gasteiger partial charge in [-0.2, -0.15) is 0 Å². The van der Waals surface area contributed by atoms with Crippen molar-refractivity contribution >= 4 is 156 Å². The minimum absolute atomic E-state index is 0.0297. The molecule has 86 heavy (non-hydrogen) atoms. The lowest BCUT2D eigenvalue weighted by Crippen LogP contribution is -2.09. The van der Waals surface area contributed by atoms with Crippen LogP contribution >= 0.6 is 0 Å². The molecule has 14 N–H and O–H groups in total. The van der Waals surface area contributed by atoms with Crippen LogP contribution in [-0.4, -0.2) is 86.0 Å². The maximum atomic E-state index is 11.2. The molecule has 0 bridgehead atoms. The highest BCUT2D eigenvalue weighted by molar-refractivity contribution is 6.09. The van der Waals surface area contributed by atoms with Crippen LogP contribution < -0.4 is 31.9 Å². The Balaban J connectivity index is 0.000000139. The van der Waals surface area contributed by atoms with Crippen LogP contribution in [0.3, 0.4) is 0 Å². The summed E-state index contributed by atoms with van der Waals surface area (Å²) >= 11 is 0. The van der Waals surface area contributed by atoms with E-state index >= 15 is 0 Å². The summed E-state index contributed by atoms with van der Waals surface area (Å²) in [7, 11) is 0. The van der Waals surface area contributed by atoms with E-state index in [1.54, 1.807) is 48.5 Å². The number of carbonyl (C=O) groups excluding carboxylic acids is 6. The number of aromatic nitrogens is 4. The van der Waals surface area contributed by atoms with Crippen molar-refractivity contribution in [2.24, 2.45) is 0 Å². The average Bonchev–Trinajstić information content (AvgIpc) is 3.13. The second kappa shape index (κ2) is 24.0. The van der Waals surface area contributed by atoms with E-state index in [2.05, 4.69) is 88.2 Å². The lowest BCUT2D eigenvalue weighted by atomic mass is 10.0. The molecule has 22 heteroatoms. The van der Waals surface area contributed by atoms with Crippen molar-refractivity contribution in [3.8, 4) is 34.5 Å². The molecular weight excluding hydrogens is 1100 g/mol. The number of imidazole rings is 2. The average molecular weight is 1160 g/mol. The minimum atomic E-state index is -0.366. The van der Waals surface area contributed by atoms with Crippen LogP contribution in [0.4, 0.5) is 34.1 Å². The van der Waals surface area contributed by atoms with E-state index in [0.717, 1.165) is 82.9 Å². The molecule has 0 aliphatic carbocycles. The maximum absolute atomic E-state index is 11.2. The summed E-state index contributed by atoms with van der Waals surface area (Å²) in [6, 6.07) is 35.7. The van der Waals surface area contributed by atoms with Gasteiger partial charge in [-0.25, -0.2) is 9.97 Å². The van der Waals surface area contributed by atoms with Gasteiger partial charge in [0.15, 0.2) is 0 Å². The third kappa shape index (κ3) is 13.6. The fourth-order valence-electron chi connectivity index (χ4n) is 9.74. The van der Waals surface area contributed by atoms with Crippen LogP contribution in [-0.2, 0) is 28.8 Å². The van der Waals surface area contributed by atoms with Crippen molar-refractivity contribution in [2.45, 2.75) is 55.4 Å². The number of carbonyl (C=O) groups is 6. The number of phenols is 6. The van der Waals surface area contributed by atoms with Gasteiger partial charge < -0.3 is 72.5 Å². The van der Waals surface area contributed by atoms with Crippen molar-refractivity contribution in [2.75, 3.05) is 31.9 Å². The number of amides is 6. The summed E-state index contributed by atoms with van der Waals surface area (Å²) in [6.07, 6.45) is 0. The molecule has 0 fully saturated rings. The van der Waals surface area contributed by atoms with Gasteiger partial charge in [0.2, 0.25) is 35.4 Å². The van der Waals surface area contributed by atoms with Crippen LogP contribution in [0.1, 0.15) is 53.2 Å². The zero-order valence-electron chi connectivity index (χ0n) is 47.6. The van der Waals surface area contributed by atoms with Gasteiger partial charge in [-0.3, -0.25) is 28.8 Å². The number of nitrogens with one attached hydrogen (secondary N) is 8. The highest BCUT2D eigenvalue weighted by atomic mass is 16.3. The Kier molecular flexibility index (Phi) is 16.5. The number of hydrogen-bond acceptors (Lipinski definition) is 14. The maximum Gasteiger partial charge on any atom is 0.221 e. The second-order valence-electron chi connectivity index (χ2n) is 20.5. The molecule has 0 aliphatic heterocycles. The van der Waals surface area contributed by atoms with Crippen molar-refractivity contribution in [1.82, 2.24) is 19.9 Å². The highest BCUT2D eigenvalue weighted by Crippen LogP contribution is 2.39. The second-order valence-corrected chi connectivity index (χ2v) is 20.5. The molecule has 0 atom stereocenters. The van der Waals surface area contributed by atoms with Gasteiger partial charge >= 0.3 is 0 Å². The molecule has 12 aromatic rings. The molecule has 436 valence electrons. The molecule has 0 spiro atoms. The summed E-state index contributed by atoms with van der Waals surface area (Å²) in [5, 5.41) is 85.1. The lowest BCUT2D eigenvalue weighted by Gasteiger charge is -2.11. The molecule has 22 nitrogen and oxygen atoms in total. The number of aromatic hydroxyl groups is 6. The number of aromatic amines is 2. The van der Waals surface area contributed by atoms with Crippen molar-refractivity contribution < 1.29 is 59.4 Å². The number of rotatable bonds is 6. The minimum Gasteiger partial charge on any atom is -0.506 e. The molecule has 12 rings (SSSR count). The number of H-pyrrole nitrogens is 2. The first-order chi connectivity index (χ1) is 40.7. The molecule has 0 aliphatic rings. The predicted molar refractivity (Wildman–Crippen MR) is 335 cm³/mol. The van der Waals surface area contributed by atoms with Crippen LogP contribution in [0.25, 0.3) is 86.7 Å². The Morgan fingerprint density at radius 1 is 0.279 bits per heavy atom. The van der Waals surface area contributed by atoms with Gasteiger partial charge in [0.1, 0.15) is 46.1 Å². The Morgan fingerprint density at radius 2 is 0.477 bits per heavy atom. The zero-order chi connectivity index (χ0) is 62.0. The van der Waals surface area contributed by atoms with Crippen molar-refractivity contribution in [1.29, 1.82) is 0 Å². The Morgan fingerprint density at radius 3 is 0.721 bits per heavy atom. The van der Waals surface area contributed by atoms with Crippen LogP contribution in [0.5, 0.6) is 34.5 Å². The van der Waals surface area contributed by atoms with E-state index in [4.69, 9.17) is 0 Å². The van der Waals surface area contributed by atoms with E-state index in [1.165, 1.54) is 69.2 Å². The van der Waals surface area contributed by atoms with Gasteiger partial charge in [0, 0.05) is 47.6 Å². The van der Waals surface area contributed by atoms with E-state index in [0.29, 0.717) is 22.7 Å². The summed E-state index contributed by atoms with van der Waals surface area (Å²) in [5.74, 6) is -0.611. The SMILES string of the molecule is CC(=O)Nc1cc(NC(C)=O)c(O)cc1O.CC(=O)Nc1cc2cc3cc(NC(C)=O)c(O)cc3cc2cc1O.CC(=O)Nc1cc2cc3cc(O)c(NC(C)=O)cc3cc2cc1O.Cc1nc2cc3cc4cc5nc(C)[nH]c5cc4cc3cc2[nH]1. The molecule has 0 radical (unpaired) electrons. The fraction of sp³-hybridized carbons (Fsp3) is 0.125. The van der Waals surface area contributed by atoms with Gasteiger partial charge in [0.25, 0.3) is 0 Å². The first-order valence-electron chi connectivity index (χ1n) is 26.5. The predicted octanol–water partition coefficient (Wildman–Crippen LogP) is 12.0. The first-order valence-corrected chi connectivity index (χ1v) is 26.5.